The van der Waals surface area contributed by atoms with Gasteiger partial charge in [0, 0.05) is 19.3 Å². The number of carbonyl (C=O) groups excluding carboxylic acids is 1. The van der Waals surface area contributed by atoms with E-state index in [1.54, 1.807) is 12.3 Å². The van der Waals surface area contributed by atoms with Crippen LogP contribution >= 0.6 is 0 Å². The molecule has 6 heteroatoms. The lowest BCUT2D eigenvalue weighted by atomic mass is 10.4. The van der Waals surface area contributed by atoms with Crippen LogP contribution < -0.4 is 4.90 Å². The Morgan fingerprint density at radius 2 is 2.25 bits per heavy atom. The monoisotopic (exact) mass is 223 g/mol. The molecule has 1 aliphatic rings. The molecule has 0 aliphatic carbocycles. The Labute approximate surface area is 93.2 Å². The standard InChI is InChI=1S/C10H13N3O3/c1-15-10(14)9-11-3-2-8(12-9)13-4-6-16-7-5-13/h2-3H,4-7H2,1H3. The number of methoxy groups -OCH3 is 1. The quantitative estimate of drug-likeness (QED) is 0.662. The lowest BCUT2D eigenvalue weighted by Crippen LogP contribution is -2.37. The van der Waals surface area contributed by atoms with E-state index < -0.39 is 5.97 Å². The van der Waals surface area contributed by atoms with Gasteiger partial charge in [0.1, 0.15) is 5.82 Å². The Morgan fingerprint density at radius 3 is 2.94 bits per heavy atom. The first-order valence-electron chi connectivity index (χ1n) is 5.05. The maximum Gasteiger partial charge on any atom is 0.376 e. The normalized spacial score (nSPS) is 15.9. The molecular weight excluding hydrogens is 210 g/mol. The summed E-state index contributed by atoms with van der Waals surface area (Å²) in [5.74, 6) is 0.306. The molecule has 16 heavy (non-hydrogen) atoms. The molecule has 86 valence electrons. The number of esters is 1. The number of aromatic nitrogens is 2. The number of carbonyl (C=O) groups is 1. The number of nitrogens with zero attached hydrogens (tertiary/aromatic N) is 3. The van der Waals surface area contributed by atoms with E-state index in [1.807, 2.05) is 0 Å². The van der Waals surface area contributed by atoms with Crippen LogP contribution in [0.3, 0.4) is 0 Å². The van der Waals surface area contributed by atoms with Gasteiger partial charge in [-0.05, 0) is 6.07 Å². The van der Waals surface area contributed by atoms with Crippen molar-refractivity contribution in [1.29, 1.82) is 0 Å². The second kappa shape index (κ2) is 4.89. The molecule has 0 aromatic carbocycles. The Balaban J connectivity index is 2.17. The highest BCUT2D eigenvalue weighted by molar-refractivity contribution is 5.85. The summed E-state index contributed by atoms with van der Waals surface area (Å²) in [6.45, 7) is 2.91. The van der Waals surface area contributed by atoms with Gasteiger partial charge in [0.15, 0.2) is 0 Å². The number of hydrogen-bond acceptors (Lipinski definition) is 6. The summed E-state index contributed by atoms with van der Waals surface area (Å²) in [7, 11) is 1.31. The maximum absolute atomic E-state index is 11.3. The first-order chi connectivity index (χ1) is 7.81. The molecule has 1 aliphatic heterocycles. The average molecular weight is 223 g/mol. The van der Waals surface area contributed by atoms with E-state index in [2.05, 4.69) is 19.6 Å². The predicted molar refractivity (Wildman–Crippen MR) is 56.4 cm³/mol. The highest BCUT2D eigenvalue weighted by Gasteiger charge is 2.15. The minimum atomic E-state index is -0.518. The van der Waals surface area contributed by atoms with Crippen molar-refractivity contribution in [2.75, 3.05) is 38.3 Å². The van der Waals surface area contributed by atoms with E-state index in [-0.39, 0.29) is 5.82 Å². The molecule has 0 unspecified atom stereocenters. The topological polar surface area (TPSA) is 64.5 Å². The molecule has 0 bridgehead atoms. The van der Waals surface area contributed by atoms with Crippen LogP contribution in [0.2, 0.25) is 0 Å². The summed E-state index contributed by atoms with van der Waals surface area (Å²) >= 11 is 0. The Bertz CT molecular complexity index is 377. The fourth-order valence-electron chi connectivity index (χ4n) is 1.51. The Kier molecular flexibility index (Phi) is 3.31. The van der Waals surface area contributed by atoms with E-state index in [4.69, 9.17) is 4.74 Å². The van der Waals surface area contributed by atoms with E-state index in [0.29, 0.717) is 13.2 Å². The highest BCUT2D eigenvalue weighted by Crippen LogP contribution is 2.11. The third-order valence-electron chi connectivity index (χ3n) is 2.34. The average Bonchev–Trinajstić information content (AvgIpc) is 2.39. The SMILES string of the molecule is COC(=O)c1nccc(N2CCOCC2)n1. The number of anilines is 1. The summed E-state index contributed by atoms with van der Waals surface area (Å²) in [5.41, 5.74) is 0. The van der Waals surface area contributed by atoms with E-state index in [1.165, 1.54) is 7.11 Å². The Hall–Kier alpha value is -1.69. The van der Waals surface area contributed by atoms with Crippen molar-refractivity contribution in [1.82, 2.24) is 9.97 Å². The van der Waals surface area contributed by atoms with Crippen molar-refractivity contribution < 1.29 is 14.3 Å². The molecule has 0 radical (unpaired) electrons. The van der Waals surface area contributed by atoms with E-state index in [0.717, 1.165) is 18.9 Å². The van der Waals surface area contributed by atoms with Crippen LogP contribution in [0.1, 0.15) is 10.6 Å². The van der Waals surface area contributed by atoms with Gasteiger partial charge in [0.25, 0.3) is 0 Å². The minimum Gasteiger partial charge on any atom is -0.463 e. The minimum absolute atomic E-state index is 0.0893. The van der Waals surface area contributed by atoms with Crippen molar-refractivity contribution in [2.24, 2.45) is 0 Å². The molecule has 0 saturated carbocycles. The molecular formula is C10H13N3O3. The van der Waals surface area contributed by atoms with E-state index >= 15 is 0 Å². The molecule has 1 fully saturated rings. The largest absolute Gasteiger partial charge is 0.463 e. The maximum atomic E-state index is 11.3. The summed E-state index contributed by atoms with van der Waals surface area (Å²) < 4.78 is 9.81. The molecule has 0 atom stereocenters. The molecule has 0 amide bonds. The second-order valence-corrected chi connectivity index (χ2v) is 3.33. The zero-order valence-electron chi connectivity index (χ0n) is 9.05. The summed E-state index contributed by atoms with van der Waals surface area (Å²) in [6, 6.07) is 1.78. The molecule has 6 nitrogen and oxygen atoms in total. The zero-order valence-corrected chi connectivity index (χ0v) is 9.05. The van der Waals surface area contributed by atoms with Gasteiger partial charge in [-0.3, -0.25) is 0 Å². The third-order valence-corrected chi connectivity index (χ3v) is 2.34. The van der Waals surface area contributed by atoms with Gasteiger partial charge in [0.2, 0.25) is 5.82 Å². The van der Waals surface area contributed by atoms with Crippen LogP contribution in [0.4, 0.5) is 5.82 Å². The second-order valence-electron chi connectivity index (χ2n) is 3.33. The first kappa shape index (κ1) is 10.8. The van der Waals surface area contributed by atoms with Crippen LogP contribution in [0, 0.1) is 0 Å². The zero-order chi connectivity index (χ0) is 11.4. The number of rotatable bonds is 2. The van der Waals surface area contributed by atoms with Crippen molar-refractivity contribution >= 4 is 11.8 Å². The lowest BCUT2D eigenvalue weighted by Gasteiger charge is -2.27. The Morgan fingerprint density at radius 1 is 1.50 bits per heavy atom. The van der Waals surface area contributed by atoms with Crippen LogP contribution in [-0.4, -0.2) is 49.4 Å². The molecule has 1 saturated heterocycles. The van der Waals surface area contributed by atoms with E-state index in [9.17, 15) is 4.79 Å². The summed E-state index contributed by atoms with van der Waals surface area (Å²) in [6.07, 6.45) is 1.56. The van der Waals surface area contributed by atoms with Crippen molar-refractivity contribution in [3.63, 3.8) is 0 Å². The van der Waals surface area contributed by atoms with Crippen LogP contribution in [-0.2, 0) is 9.47 Å². The van der Waals surface area contributed by atoms with Gasteiger partial charge in [-0.25, -0.2) is 14.8 Å². The molecule has 1 aromatic rings. The predicted octanol–water partition coefficient (Wildman–Crippen LogP) is 0.0998. The van der Waals surface area contributed by atoms with Gasteiger partial charge in [-0.2, -0.15) is 0 Å². The van der Waals surface area contributed by atoms with Crippen LogP contribution in [0.25, 0.3) is 0 Å². The molecule has 2 rings (SSSR count). The van der Waals surface area contributed by atoms with Crippen LogP contribution in [0.15, 0.2) is 12.3 Å². The number of ether oxygens (including phenoxy) is 2. The van der Waals surface area contributed by atoms with Crippen molar-refractivity contribution in [2.45, 2.75) is 0 Å². The fraction of sp³-hybridized carbons (Fsp3) is 0.500. The van der Waals surface area contributed by atoms with Gasteiger partial charge in [-0.1, -0.05) is 0 Å². The molecule has 1 aromatic heterocycles. The number of morpholine rings is 1. The molecule has 0 N–H and O–H groups in total. The number of hydrogen-bond donors (Lipinski definition) is 0. The smallest absolute Gasteiger partial charge is 0.376 e. The molecule has 0 spiro atoms. The highest BCUT2D eigenvalue weighted by atomic mass is 16.5. The first-order valence-corrected chi connectivity index (χ1v) is 5.05. The van der Waals surface area contributed by atoms with Gasteiger partial charge >= 0.3 is 5.97 Å². The van der Waals surface area contributed by atoms with Gasteiger partial charge in [0.05, 0.1) is 20.3 Å². The van der Waals surface area contributed by atoms with Crippen molar-refractivity contribution in [3.05, 3.63) is 18.1 Å². The van der Waals surface area contributed by atoms with Gasteiger partial charge in [-0.15, -0.1) is 0 Å². The lowest BCUT2D eigenvalue weighted by molar-refractivity contribution is 0.0586. The van der Waals surface area contributed by atoms with Gasteiger partial charge < -0.3 is 14.4 Å². The third kappa shape index (κ3) is 2.27. The molecule has 2 heterocycles. The van der Waals surface area contributed by atoms with Crippen LogP contribution in [0.5, 0.6) is 0 Å². The summed E-state index contributed by atoms with van der Waals surface area (Å²) in [4.78, 5) is 21.3. The van der Waals surface area contributed by atoms with Crippen molar-refractivity contribution in [3.8, 4) is 0 Å². The summed E-state index contributed by atoms with van der Waals surface area (Å²) in [5, 5.41) is 0. The fourth-order valence-corrected chi connectivity index (χ4v) is 1.51.